The smallest absolute Gasteiger partial charge is 0.319 e. The number of rotatable bonds is 4. The molecule has 6 heteroatoms. The fourth-order valence-corrected chi connectivity index (χ4v) is 2.18. The van der Waals surface area contributed by atoms with Crippen LogP contribution in [0.15, 0.2) is 42.5 Å². The van der Waals surface area contributed by atoms with Crippen molar-refractivity contribution in [3.63, 3.8) is 0 Å². The third-order valence-electron chi connectivity index (χ3n) is 2.79. The Balaban J connectivity index is 1.81. The standard InChI is InChI=1S/C15H13Cl2FN2O/c16-11-3-6-14(13(17)9-11)20-15(21)19-8-7-10-1-4-12(18)5-2-10/h1-6,9H,7-8H2,(H2,19,20,21). The molecule has 3 nitrogen and oxygen atoms in total. The lowest BCUT2D eigenvalue weighted by molar-refractivity contribution is 0.252. The van der Waals surface area contributed by atoms with Crippen LogP contribution in [0, 0.1) is 5.82 Å². The first-order chi connectivity index (χ1) is 10.0. The molecule has 0 aliphatic carbocycles. The number of hydrogen-bond donors (Lipinski definition) is 2. The quantitative estimate of drug-likeness (QED) is 0.853. The molecule has 0 unspecified atom stereocenters. The van der Waals surface area contributed by atoms with Gasteiger partial charge in [-0.1, -0.05) is 35.3 Å². The Hall–Kier alpha value is -1.78. The van der Waals surface area contributed by atoms with Crippen LogP contribution in [0.3, 0.4) is 0 Å². The normalized spacial score (nSPS) is 10.2. The summed E-state index contributed by atoms with van der Waals surface area (Å²) in [6, 6.07) is 10.6. The topological polar surface area (TPSA) is 41.1 Å². The highest BCUT2D eigenvalue weighted by molar-refractivity contribution is 6.36. The minimum absolute atomic E-state index is 0.276. The predicted molar refractivity (Wildman–Crippen MR) is 83.6 cm³/mol. The molecule has 2 N–H and O–H groups in total. The van der Waals surface area contributed by atoms with Crippen LogP contribution in [0.25, 0.3) is 0 Å². The highest BCUT2D eigenvalue weighted by Gasteiger charge is 2.05. The number of benzene rings is 2. The van der Waals surface area contributed by atoms with Crippen molar-refractivity contribution < 1.29 is 9.18 Å². The summed E-state index contributed by atoms with van der Waals surface area (Å²) >= 11 is 11.7. The Bertz CT molecular complexity index is 632. The van der Waals surface area contributed by atoms with Gasteiger partial charge < -0.3 is 10.6 Å². The molecule has 2 aromatic rings. The fraction of sp³-hybridized carbons (Fsp3) is 0.133. The first kappa shape index (κ1) is 15.6. The van der Waals surface area contributed by atoms with Crippen molar-refractivity contribution in [2.24, 2.45) is 0 Å². The van der Waals surface area contributed by atoms with E-state index in [9.17, 15) is 9.18 Å². The minimum Gasteiger partial charge on any atom is -0.338 e. The second-order valence-corrected chi connectivity index (χ2v) is 5.23. The first-order valence-corrected chi connectivity index (χ1v) is 7.04. The molecule has 0 saturated carbocycles. The molecule has 2 amide bonds. The van der Waals surface area contributed by atoms with Crippen LogP contribution < -0.4 is 10.6 Å². The molecule has 0 radical (unpaired) electrons. The second-order valence-electron chi connectivity index (χ2n) is 4.38. The summed E-state index contributed by atoms with van der Waals surface area (Å²) in [6.45, 7) is 0.433. The molecule has 0 aliphatic heterocycles. The molecule has 0 aromatic heterocycles. The van der Waals surface area contributed by atoms with Crippen LogP contribution >= 0.6 is 23.2 Å². The van der Waals surface area contributed by atoms with Gasteiger partial charge in [0.25, 0.3) is 0 Å². The minimum atomic E-state index is -0.360. The predicted octanol–water partition coefficient (Wildman–Crippen LogP) is 4.50. The Labute approximate surface area is 132 Å². The van der Waals surface area contributed by atoms with Crippen LogP contribution in [0.5, 0.6) is 0 Å². The van der Waals surface area contributed by atoms with Crippen molar-refractivity contribution in [3.8, 4) is 0 Å². The lowest BCUT2D eigenvalue weighted by atomic mass is 10.1. The van der Waals surface area contributed by atoms with Gasteiger partial charge in [0.15, 0.2) is 0 Å². The average Bonchev–Trinajstić information content (AvgIpc) is 2.44. The number of nitrogens with one attached hydrogen (secondary N) is 2. The van der Waals surface area contributed by atoms with E-state index in [0.29, 0.717) is 28.7 Å². The molecule has 21 heavy (non-hydrogen) atoms. The number of halogens is 3. The van der Waals surface area contributed by atoms with Crippen molar-refractivity contribution in [1.82, 2.24) is 5.32 Å². The van der Waals surface area contributed by atoms with Gasteiger partial charge in [0, 0.05) is 11.6 Å². The lowest BCUT2D eigenvalue weighted by Crippen LogP contribution is -2.30. The summed E-state index contributed by atoms with van der Waals surface area (Å²) in [6.07, 6.45) is 0.613. The molecule has 0 heterocycles. The van der Waals surface area contributed by atoms with E-state index in [0.717, 1.165) is 5.56 Å². The lowest BCUT2D eigenvalue weighted by Gasteiger charge is -2.09. The maximum Gasteiger partial charge on any atom is 0.319 e. The van der Waals surface area contributed by atoms with Crippen LogP contribution in [-0.2, 0) is 6.42 Å². The molecule has 0 saturated heterocycles. The van der Waals surface area contributed by atoms with Gasteiger partial charge in [0.05, 0.1) is 10.7 Å². The molecule has 110 valence electrons. The zero-order valence-corrected chi connectivity index (χ0v) is 12.5. The van der Waals surface area contributed by atoms with E-state index in [4.69, 9.17) is 23.2 Å². The number of anilines is 1. The summed E-state index contributed by atoms with van der Waals surface area (Å²) in [5.41, 5.74) is 1.43. The van der Waals surface area contributed by atoms with Gasteiger partial charge in [-0.25, -0.2) is 9.18 Å². The van der Waals surface area contributed by atoms with Crippen molar-refractivity contribution in [1.29, 1.82) is 0 Å². The van der Waals surface area contributed by atoms with E-state index in [1.54, 1.807) is 30.3 Å². The number of hydrogen-bond acceptors (Lipinski definition) is 1. The Morgan fingerprint density at radius 2 is 1.81 bits per heavy atom. The zero-order valence-electron chi connectivity index (χ0n) is 11.0. The summed E-state index contributed by atoms with van der Waals surface area (Å²) in [5.74, 6) is -0.276. The fourth-order valence-electron chi connectivity index (χ4n) is 1.73. The van der Waals surface area contributed by atoms with Crippen molar-refractivity contribution in [2.45, 2.75) is 6.42 Å². The maximum atomic E-state index is 12.7. The maximum absolute atomic E-state index is 12.7. The molecule has 0 spiro atoms. The summed E-state index contributed by atoms with van der Waals surface area (Å²) in [5, 5.41) is 6.21. The number of carbonyl (C=O) groups excluding carboxylic acids is 1. The Morgan fingerprint density at radius 1 is 1.10 bits per heavy atom. The van der Waals surface area contributed by atoms with E-state index in [1.807, 2.05) is 0 Å². The highest BCUT2D eigenvalue weighted by atomic mass is 35.5. The third-order valence-corrected chi connectivity index (χ3v) is 3.34. The van der Waals surface area contributed by atoms with E-state index in [1.165, 1.54) is 12.1 Å². The van der Waals surface area contributed by atoms with Crippen molar-refractivity contribution >= 4 is 34.9 Å². The molecular weight excluding hydrogens is 314 g/mol. The van der Waals surface area contributed by atoms with E-state index in [-0.39, 0.29) is 11.8 Å². The summed E-state index contributed by atoms with van der Waals surface area (Å²) in [4.78, 5) is 11.7. The van der Waals surface area contributed by atoms with E-state index in [2.05, 4.69) is 10.6 Å². The molecule has 0 fully saturated rings. The number of amides is 2. The van der Waals surface area contributed by atoms with Gasteiger partial charge in [-0.2, -0.15) is 0 Å². The van der Waals surface area contributed by atoms with Gasteiger partial charge >= 0.3 is 6.03 Å². The van der Waals surface area contributed by atoms with Gasteiger partial charge in [0.1, 0.15) is 5.82 Å². The van der Waals surface area contributed by atoms with Crippen LogP contribution in [0.1, 0.15) is 5.56 Å². The monoisotopic (exact) mass is 326 g/mol. The zero-order chi connectivity index (χ0) is 15.2. The summed E-state index contributed by atoms with van der Waals surface area (Å²) < 4.78 is 12.7. The molecule has 2 rings (SSSR count). The van der Waals surface area contributed by atoms with Crippen LogP contribution in [0.4, 0.5) is 14.9 Å². The van der Waals surface area contributed by atoms with Gasteiger partial charge in [0.2, 0.25) is 0 Å². The largest absolute Gasteiger partial charge is 0.338 e. The molecular formula is C15H13Cl2FN2O. The van der Waals surface area contributed by atoms with Gasteiger partial charge in [-0.3, -0.25) is 0 Å². The SMILES string of the molecule is O=C(NCCc1ccc(F)cc1)Nc1ccc(Cl)cc1Cl. The number of urea groups is 1. The van der Waals surface area contributed by atoms with Gasteiger partial charge in [-0.05, 0) is 42.3 Å². The first-order valence-electron chi connectivity index (χ1n) is 6.29. The van der Waals surface area contributed by atoms with Crippen molar-refractivity contribution in [2.75, 3.05) is 11.9 Å². The second kappa shape index (κ2) is 7.29. The molecule has 0 atom stereocenters. The van der Waals surface area contributed by atoms with E-state index < -0.39 is 0 Å². The third kappa shape index (κ3) is 4.92. The molecule has 2 aromatic carbocycles. The Kier molecular flexibility index (Phi) is 5.42. The highest BCUT2D eigenvalue weighted by Crippen LogP contribution is 2.25. The molecule has 0 bridgehead atoms. The Morgan fingerprint density at radius 3 is 2.48 bits per heavy atom. The number of carbonyl (C=O) groups is 1. The average molecular weight is 327 g/mol. The van der Waals surface area contributed by atoms with Crippen LogP contribution in [0.2, 0.25) is 10.0 Å². The van der Waals surface area contributed by atoms with E-state index >= 15 is 0 Å². The molecule has 0 aliphatic rings. The summed E-state index contributed by atoms with van der Waals surface area (Å²) in [7, 11) is 0. The van der Waals surface area contributed by atoms with Crippen LogP contribution in [-0.4, -0.2) is 12.6 Å². The van der Waals surface area contributed by atoms with Gasteiger partial charge in [-0.15, -0.1) is 0 Å². The van der Waals surface area contributed by atoms with Crippen molar-refractivity contribution in [3.05, 3.63) is 63.9 Å².